The minimum Gasteiger partial charge on any atom is -0.311 e. The summed E-state index contributed by atoms with van der Waals surface area (Å²) in [5.74, 6) is -0.218. The summed E-state index contributed by atoms with van der Waals surface area (Å²) in [5, 5.41) is 0. The van der Waals surface area contributed by atoms with Crippen LogP contribution in [0.1, 0.15) is 15.9 Å². The van der Waals surface area contributed by atoms with E-state index in [1.54, 1.807) is 7.05 Å². The number of hydrogen-bond donors (Lipinski definition) is 0. The number of carbonyl (C=O) groups excluding carboxylic acids is 1. The van der Waals surface area contributed by atoms with Crippen LogP contribution < -0.4 is 4.90 Å². The van der Waals surface area contributed by atoms with Crippen molar-refractivity contribution < 1.29 is 18.0 Å². The van der Waals surface area contributed by atoms with Crippen LogP contribution in [-0.2, 0) is 14.9 Å². The van der Waals surface area contributed by atoms with Gasteiger partial charge in [0.25, 0.3) is 15.9 Å². The van der Waals surface area contributed by atoms with Crippen LogP contribution in [0.15, 0.2) is 53.4 Å². The third-order valence-corrected chi connectivity index (χ3v) is 5.38. The van der Waals surface area contributed by atoms with Gasteiger partial charge in [-0.2, -0.15) is 0 Å². The SMILES string of the molecule is CON(C)S(=O)(=O)c1ccc(C(=O)N(C)c2cccc(C)c2)cc1. The van der Waals surface area contributed by atoms with E-state index in [2.05, 4.69) is 0 Å². The molecule has 0 saturated carbocycles. The molecule has 6 nitrogen and oxygen atoms in total. The van der Waals surface area contributed by atoms with Gasteiger partial charge in [-0.25, -0.2) is 8.42 Å². The van der Waals surface area contributed by atoms with Gasteiger partial charge in [0.2, 0.25) is 0 Å². The maximum absolute atomic E-state index is 12.5. The third kappa shape index (κ3) is 3.64. The fourth-order valence-corrected chi connectivity index (χ4v) is 3.14. The van der Waals surface area contributed by atoms with Crippen LogP contribution in [0, 0.1) is 6.92 Å². The molecule has 0 radical (unpaired) electrons. The quantitative estimate of drug-likeness (QED) is 0.779. The third-order valence-electron chi connectivity index (χ3n) is 3.69. The Kier molecular flexibility index (Phi) is 5.38. The van der Waals surface area contributed by atoms with E-state index < -0.39 is 10.0 Å². The number of anilines is 1. The van der Waals surface area contributed by atoms with E-state index in [1.165, 1.54) is 43.3 Å². The van der Waals surface area contributed by atoms with Crippen molar-refractivity contribution in [2.75, 3.05) is 26.1 Å². The standard InChI is InChI=1S/C17H20N2O4S/c1-13-6-5-7-15(12-13)18(2)17(20)14-8-10-16(11-9-14)24(21,22)19(3)23-4/h5-12H,1-4H3. The molecule has 0 aliphatic rings. The van der Waals surface area contributed by atoms with Gasteiger partial charge in [0, 0.05) is 25.3 Å². The molecular formula is C17H20N2O4S. The summed E-state index contributed by atoms with van der Waals surface area (Å²) in [6.45, 7) is 1.95. The Morgan fingerprint density at radius 2 is 1.67 bits per heavy atom. The lowest BCUT2D eigenvalue weighted by atomic mass is 10.1. The summed E-state index contributed by atoms with van der Waals surface area (Å²) in [7, 11) is 0.533. The normalized spacial score (nSPS) is 11.5. The summed E-state index contributed by atoms with van der Waals surface area (Å²) in [4.78, 5) is 18.9. The molecule has 0 aliphatic heterocycles. The van der Waals surface area contributed by atoms with Crippen LogP contribution in [-0.4, -0.2) is 40.0 Å². The van der Waals surface area contributed by atoms with Crippen LogP contribution in [0.3, 0.4) is 0 Å². The average Bonchev–Trinajstić information content (AvgIpc) is 2.59. The number of aryl methyl sites for hydroxylation is 1. The van der Waals surface area contributed by atoms with E-state index in [4.69, 9.17) is 4.84 Å². The fraction of sp³-hybridized carbons (Fsp3) is 0.235. The second-order valence-electron chi connectivity index (χ2n) is 5.32. The first-order valence-electron chi connectivity index (χ1n) is 7.25. The molecule has 0 heterocycles. The highest BCUT2D eigenvalue weighted by Crippen LogP contribution is 2.19. The van der Waals surface area contributed by atoms with Gasteiger partial charge in [-0.15, -0.1) is 0 Å². The molecule has 0 spiro atoms. The van der Waals surface area contributed by atoms with Gasteiger partial charge < -0.3 is 4.90 Å². The smallest absolute Gasteiger partial charge is 0.264 e. The van der Waals surface area contributed by atoms with E-state index in [0.29, 0.717) is 5.56 Å². The topological polar surface area (TPSA) is 66.9 Å². The molecule has 1 amide bonds. The minimum atomic E-state index is -3.72. The lowest BCUT2D eigenvalue weighted by Crippen LogP contribution is -2.27. The van der Waals surface area contributed by atoms with Crippen LogP contribution >= 0.6 is 0 Å². The molecule has 2 rings (SSSR count). The molecule has 24 heavy (non-hydrogen) atoms. The largest absolute Gasteiger partial charge is 0.311 e. The van der Waals surface area contributed by atoms with Gasteiger partial charge >= 0.3 is 0 Å². The zero-order chi connectivity index (χ0) is 17.9. The van der Waals surface area contributed by atoms with Crippen molar-refractivity contribution in [2.24, 2.45) is 0 Å². The van der Waals surface area contributed by atoms with Crippen LogP contribution in [0.4, 0.5) is 5.69 Å². The Hall–Kier alpha value is -2.22. The zero-order valence-electron chi connectivity index (χ0n) is 14.1. The van der Waals surface area contributed by atoms with Crippen molar-refractivity contribution >= 4 is 21.6 Å². The molecule has 0 N–H and O–H groups in total. The molecule has 0 bridgehead atoms. The Morgan fingerprint density at radius 1 is 1.04 bits per heavy atom. The second-order valence-corrected chi connectivity index (χ2v) is 7.26. The maximum atomic E-state index is 12.5. The first-order valence-corrected chi connectivity index (χ1v) is 8.69. The minimum absolute atomic E-state index is 0.0570. The summed E-state index contributed by atoms with van der Waals surface area (Å²) >= 11 is 0. The van der Waals surface area contributed by atoms with Crippen molar-refractivity contribution in [3.8, 4) is 0 Å². The number of rotatable bonds is 5. The molecule has 0 aliphatic carbocycles. The summed E-state index contributed by atoms with van der Waals surface area (Å²) < 4.78 is 25.1. The van der Waals surface area contributed by atoms with Crippen molar-refractivity contribution in [1.82, 2.24) is 4.47 Å². The number of hydrogen-bond acceptors (Lipinski definition) is 4. The molecule has 2 aromatic rings. The van der Waals surface area contributed by atoms with Crippen molar-refractivity contribution in [3.05, 3.63) is 59.7 Å². The highest BCUT2D eigenvalue weighted by Gasteiger charge is 2.21. The number of carbonyl (C=O) groups is 1. The summed E-state index contributed by atoms with van der Waals surface area (Å²) in [6, 6.07) is 13.3. The first kappa shape index (κ1) is 18.1. The fourth-order valence-electron chi connectivity index (χ4n) is 2.16. The average molecular weight is 348 g/mol. The van der Waals surface area contributed by atoms with Gasteiger partial charge in [0.15, 0.2) is 0 Å². The van der Waals surface area contributed by atoms with Gasteiger partial charge in [0.05, 0.1) is 12.0 Å². The molecule has 128 valence electrons. The van der Waals surface area contributed by atoms with E-state index in [-0.39, 0.29) is 10.8 Å². The van der Waals surface area contributed by atoms with E-state index >= 15 is 0 Å². The Morgan fingerprint density at radius 3 is 2.21 bits per heavy atom. The predicted octanol–water partition coefficient (Wildman–Crippen LogP) is 2.45. The Balaban J connectivity index is 2.26. The number of benzene rings is 2. The lowest BCUT2D eigenvalue weighted by Gasteiger charge is -2.18. The van der Waals surface area contributed by atoms with Crippen molar-refractivity contribution in [2.45, 2.75) is 11.8 Å². The molecule has 0 fully saturated rings. The highest BCUT2D eigenvalue weighted by molar-refractivity contribution is 7.89. The maximum Gasteiger partial charge on any atom is 0.264 e. The highest BCUT2D eigenvalue weighted by atomic mass is 32.2. The molecular weight excluding hydrogens is 328 g/mol. The number of sulfonamides is 1. The van der Waals surface area contributed by atoms with Gasteiger partial charge in [-0.05, 0) is 48.9 Å². The number of amides is 1. The zero-order valence-corrected chi connectivity index (χ0v) is 14.9. The molecule has 0 unspecified atom stereocenters. The predicted molar refractivity (Wildman–Crippen MR) is 92.3 cm³/mol. The van der Waals surface area contributed by atoms with E-state index in [9.17, 15) is 13.2 Å². The lowest BCUT2D eigenvalue weighted by molar-refractivity contribution is -0.0258. The second kappa shape index (κ2) is 7.12. The number of nitrogens with zero attached hydrogens (tertiary/aromatic N) is 2. The van der Waals surface area contributed by atoms with Gasteiger partial charge in [-0.1, -0.05) is 16.6 Å². The summed E-state index contributed by atoms with van der Waals surface area (Å²) in [5.41, 5.74) is 2.23. The van der Waals surface area contributed by atoms with Crippen molar-refractivity contribution in [1.29, 1.82) is 0 Å². The van der Waals surface area contributed by atoms with Gasteiger partial charge in [0.1, 0.15) is 0 Å². The van der Waals surface area contributed by atoms with E-state index in [0.717, 1.165) is 15.7 Å². The summed E-state index contributed by atoms with van der Waals surface area (Å²) in [6.07, 6.45) is 0. The molecule has 0 aromatic heterocycles. The molecule has 2 aromatic carbocycles. The Bertz CT molecular complexity index is 832. The molecule has 0 atom stereocenters. The van der Waals surface area contributed by atoms with Crippen molar-refractivity contribution in [3.63, 3.8) is 0 Å². The van der Waals surface area contributed by atoms with Crippen LogP contribution in [0.2, 0.25) is 0 Å². The van der Waals surface area contributed by atoms with Crippen LogP contribution in [0.25, 0.3) is 0 Å². The first-order chi connectivity index (χ1) is 11.3. The van der Waals surface area contributed by atoms with E-state index in [1.807, 2.05) is 31.2 Å². The Labute approximate surface area is 142 Å². The van der Waals surface area contributed by atoms with Gasteiger partial charge in [-0.3, -0.25) is 9.63 Å². The monoisotopic (exact) mass is 348 g/mol. The molecule has 0 saturated heterocycles. The number of hydroxylamine groups is 1. The van der Waals surface area contributed by atoms with Crippen LogP contribution in [0.5, 0.6) is 0 Å². The molecule has 7 heteroatoms.